The van der Waals surface area contributed by atoms with Crippen molar-refractivity contribution in [2.24, 2.45) is 5.92 Å². The van der Waals surface area contributed by atoms with Crippen molar-refractivity contribution in [3.8, 4) is 6.07 Å². The molecule has 0 radical (unpaired) electrons. The quantitative estimate of drug-likeness (QED) is 0.787. The molecule has 1 N–H and O–H groups in total. The summed E-state index contributed by atoms with van der Waals surface area (Å²) in [6.45, 7) is 2.22. The summed E-state index contributed by atoms with van der Waals surface area (Å²) in [7, 11) is 0. The lowest BCUT2D eigenvalue weighted by atomic mass is 10.2. The predicted molar refractivity (Wildman–Crippen MR) is 57.0 cm³/mol. The Morgan fingerprint density at radius 2 is 2.43 bits per heavy atom. The largest absolute Gasteiger partial charge is 0.382 e. The Kier molecular flexibility index (Phi) is 2.41. The zero-order valence-corrected chi connectivity index (χ0v) is 8.33. The molecule has 0 aromatic heterocycles. The Labute approximate surface area is 84.6 Å². The second-order valence-corrected chi connectivity index (χ2v) is 3.85. The fourth-order valence-electron chi connectivity index (χ4n) is 1.77. The van der Waals surface area contributed by atoms with Crippen LogP contribution in [0.4, 0.5) is 5.69 Å². The van der Waals surface area contributed by atoms with Crippen LogP contribution in [-0.4, -0.2) is 6.04 Å². The average molecular weight is 186 g/mol. The van der Waals surface area contributed by atoms with Gasteiger partial charge in [-0.25, -0.2) is 0 Å². The van der Waals surface area contributed by atoms with Crippen molar-refractivity contribution in [3.63, 3.8) is 0 Å². The van der Waals surface area contributed by atoms with Crippen molar-refractivity contribution in [2.45, 2.75) is 25.8 Å². The zero-order valence-electron chi connectivity index (χ0n) is 8.33. The lowest BCUT2D eigenvalue weighted by molar-refractivity contribution is 0.775. The standard InChI is InChI=1S/C12H14N2/c1-2-10-7-12(10)14-11-5-3-4-9(6-11)8-13/h3-6,10,12,14H,2,7H2,1H3. The summed E-state index contributed by atoms with van der Waals surface area (Å²) in [5.41, 5.74) is 1.80. The molecular weight excluding hydrogens is 172 g/mol. The number of nitriles is 1. The first kappa shape index (κ1) is 9.08. The number of hydrogen-bond donors (Lipinski definition) is 1. The van der Waals surface area contributed by atoms with Crippen LogP contribution in [0, 0.1) is 17.2 Å². The van der Waals surface area contributed by atoms with Crippen LogP contribution in [0.2, 0.25) is 0 Å². The summed E-state index contributed by atoms with van der Waals surface area (Å²) in [6, 6.07) is 10.5. The fourth-order valence-corrected chi connectivity index (χ4v) is 1.77. The van der Waals surface area contributed by atoms with E-state index in [4.69, 9.17) is 5.26 Å². The molecule has 1 aromatic rings. The van der Waals surface area contributed by atoms with E-state index in [0.29, 0.717) is 6.04 Å². The minimum Gasteiger partial charge on any atom is -0.382 e. The van der Waals surface area contributed by atoms with Gasteiger partial charge in [-0.3, -0.25) is 0 Å². The normalized spacial score (nSPS) is 24.0. The third-order valence-corrected chi connectivity index (χ3v) is 2.79. The molecule has 2 nitrogen and oxygen atoms in total. The minimum absolute atomic E-state index is 0.633. The van der Waals surface area contributed by atoms with Crippen LogP contribution in [0.3, 0.4) is 0 Å². The van der Waals surface area contributed by atoms with E-state index in [2.05, 4.69) is 18.3 Å². The Balaban J connectivity index is 2.00. The maximum atomic E-state index is 8.73. The third-order valence-electron chi connectivity index (χ3n) is 2.79. The first-order valence-electron chi connectivity index (χ1n) is 5.10. The maximum Gasteiger partial charge on any atom is 0.0992 e. The molecule has 0 amide bonds. The van der Waals surface area contributed by atoms with E-state index in [0.717, 1.165) is 17.2 Å². The molecule has 2 unspecified atom stereocenters. The highest BCUT2D eigenvalue weighted by Crippen LogP contribution is 2.36. The van der Waals surface area contributed by atoms with Gasteiger partial charge in [-0.15, -0.1) is 0 Å². The Morgan fingerprint density at radius 1 is 1.57 bits per heavy atom. The number of hydrogen-bond acceptors (Lipinski definition) is 2. The molecule has 0 spiro atoms. The highest BCUT2D eigenvalue weighted by molar-refractivity contribution is 5.50. The molecule has 0 bridgehead atoms. The molecule has 0 heterocycles. The number of benzene rings is 1. The van der Waals surface area contributed by atoms with Crippen LogP contribution in [0.25, 0.3) is 0 Å². The van der Waals surface area contributed by atoms with Crippen molar-refractivity contribution in [1.82, 2.24) is 0 Å². The van der Waals surface area contributed by atoms with Gasteiger partial charge in [0.1, 0.15) is 0 Å². The van der Waals surface area contributed by atoms with E-state index in [-0.39, 0.29) is 0 Å². The summed E-state index contributed by atoms with van der Waals surface area (Å²) in [4.78, 5) is 0. The monoisotopic (exact) mass is 186 g/mol. The van der Waals surface area contributed by atoms with Crippen LogP contribution in [0.5, 0.6) is 0 Å². The molecule has 1 aromatic carbocycles. The summed E-state index contributed by atoms with van der Waals surface area (Å²) < 4.78 is 0. The molecule has 1 saturated carbocycles. The number of nitrogens with one attached hydrogen (secondary N) is 1. The molecule has 2 rings (SSSR count). The summed E-state index contributed by atoms with van der Waals surface area (Å²) in [5, 5.41) is 12.2. The molecule has 2 heteroatoms. The molecule has 2 atom stereocenters. The van der Waals surface area contributed by atoms with E-state index in [1.54, 1.807) is 0 Å². The predicted octanol–water partition coefficient (Wildman–Crippen LogP) is 2.77. The lowest BCUT2D eigenvalue weighted by Crippen LogP contribution is -2.03. The van der Waals surface area contributed by atoms with Crippen LogP contribution in [0.15, 0.2) is 24.3 Å². The second kappa shape index (κ2) is 3.71. The van der Waals surface area contributed by atoms with Gasteiger partial charge in [0.15, 0.2) is 0 Å². The Bertz CT molecular complexity index is 365. The van der Waals surface area contributed by atoms with Crippen LogP contribution < -0.4 is 5.32 Å². The van der Waals surface area contributed by atoms with Gasteiger partial charge in [-0.1, -0.05) is 19.4 Å². The van der Waals surface area contributed by atoms with E-state index in [9.17, 15) is 0 Å². The van der Waals surface area contributed by atoms with Crippen molar-refractivity contribution in [1.29, 1.82) is 5.26 Å². The zero-order chi connectivity index (χ0) is 9.97. The molecule has 0 saturated heterocycles. The van der Waals surface area contributed by atoms with Crippen molar-refractivity contribution in [2.75, 3.05) is 5.32 Å². The average Bonchev–Trinajstić information content (AvgIpc) is 2.97. The number of anilines is 1. The third kappa shape index (κ3) is 1.88. The molecule has 1 aliphatic carbocycles. The van der Waals surface area contributed by atoms with Crippen molar-refractivity contribution < 1.29 is 0 Å². The van der Waals surface area contributed by atoms with Gasteiger partial charge in [0.2, 0.25) is 0 Å². The second-order valence-electron chi connectivity index (χ2n) is 3.85. The number of rotatable bonds is 3. The topological polar surface area (TPSA) is 35.8 Å². The molecule has 14 heavy (non-hydrogen) atoms. The number of nitrogens with zero attached hydrogens (tertiary/aromatic N) is 1. The lowest BCUT2D eigenvalue weighted by Gasteiger charge is -2.04. The van der Waals surface area contributed by atoms with Gasteiger partial charge in [-0.05, 0) is 30.5 Å². The molecule has 72 valence electrons. The van der Waals surface area contributed by atoms with Gasteiger partial charge >= 0.3 is 0 Å². The van der Waals surface area contributed by atoms with Gasteiger partial charge in [0, 0.05) is 11.7 Å². The molecular formula is C12H14N2. The minimum atomic E-state index is 0.633. The fraction of sp³-hybridized carbons (Fsp3) is 0.417. The first-order valence-corrected chi connectivity index (χ1v) is 5.10. The highest BCUT2D eigenvalue weighted by atomic mass is 15.0. The van der Waals surface area contributed by atoms with Gasteiger partial charge in [0.05, 0.1) is 11.6 Å². The smallest absolute Gasteiger partial charge is 0.0992 e. The molecule has 1 fully saturated rings. The van der Waals surface area contributed by atoms with E-state index < -0.39 is 0 Å². The van der Waals surface area contributed by atoms with Crippen molar-refractivity contribution in [3.05, 3.63) is 29.8 Å². The van der Waals surface area contributed by atoms with Crippen LogP contribution in [0.1, 0.15) is 25.3 Å². The highest BCUT2D eigenvalue weighted by Gasteiger charge is 2.34. The molecule has 1 aliphatic rings. The van der Waals surface area contributed by atoms with E-state index >= 15 is 0 Å². The van der Waals surface area contributed by atoms with Gasteiger partial charge in [0.25, 0.3) is 0 Å². The Hall–Kier alpha value is -1.49. The summed E-state index contributed by atoms with van der Waals surface area (Å²) in [6.07, 6.45) is 2.52. The SMILES string of the molecule is CCC1CC1Nc1cccc(C#N)c1. The first-order chi connectivity index (χ1) is 6.83. The van der Waals surface area contributed by atoms with Crippen LogP contribution >= 0.6 is 0 Å². The Morgan fingerprint density at radius 3 is 3.07 bits per heavy atom. The molecule has 0 aliphatic heterocycles. The van der Waals surface area contributed by atoms with Crippen LogP contribution in [-0.2, 0) is 0 Å². The van der Waals surface area contributed by atoms with Crippen molar-refractivity contribution >= 4 is 5.69 Å². The van der Waals surface area contributed by atoms with Gasteiger partial charge in [-0.2, -0.15) is 5.26 Å². The van der Waals surface area contributed by atoms with E-state index in [1.165, 1.54) is 12.8 Å². The maximum absolute atomic E-state index is 8.73. The summed E-state index contributed by atoms with van der Waals surface area (Å²) in [5.74, 6) is 0.834. The van der Waals surface area contributed by atoms with Gasteiger partial charge < -0.3 is 5.32 Å². The van der Waals surface area contributed by atoms with E-state index in [1.807, 2.05) is 24.3 Å². The summed E-state index contributed by atoms with van der Waals surface area (Å²) >= 11 is 0.